The first kappa shape index (κ1) is 16.3. The maximum absolute atomic E-state index is 12.6. The Hall–Kier alpha value is -0.730. The third-order valence-corrected chi connectivity index (χ3v) is 3.97. The summed E-state index contributed by atoms with van der Waals surface area (Å²) in [7, 11) is 0. The third-order valence-electron chi connectivity index (χ3n) is 3.37. The van der Waals surface area contributed by atoms with Gasteiger partial charge < -0.3 is 4.90 Å². The minimum Gasteiger partial charge on any atom is -0.334 e. The summed E-state index contributed by atoms with van der Waals surface area (Å²) in [5.41, 5.74) is 1.60. The lowest BCUT2D eigenvalue weighted by Gasteiger charge is -2.30. The Morgan fingerprint density at radius 1 is 1.32 bits per heavy atom. The molecule has 0 fully saturated rings. The first-order valence-corrected chi connectivity index (χ1v) is 7.59. The fourth-order valence-electron chi connectivity index (χ4n) is 2.21. The van der Waals surface area contributed by atoms with Crippen molar-refractivity contribution in [1.29, 1.82) is 0 Å². The molecule has 0 aliphatic rings. The van der Waals surface area contributed by atoms with E-state index < -0.39 is 0 Å². The highest BCUT2D eigenvalue weighted by molar-refractivity contribution is 6.31. The molecule has 0 unspecified atom stereocenters. The number of alkyl halides is 1. The molecule has 1 aromatic rings. The van der Waals surface area contributed by atoms with Gasteiger partial charge in [0, 0.05) is 29.1 Å². The topological polar surface area (TPSA) is 20.3 Å². The van der Waals surface area contributed by atoms with Gasteiger partial charge in [-0.05, 0) is 43.5 Å². The Kier molecular flexibility index (Phi) is 6.67. The number of benzene rings is 1. The molecule has 0 spiro atoms. The van der Waals surface area contributed by atoms with Gasteiger partial charge in [-0.1, -0.05) is 25.4 Å². The summed E-state index contributed by atoms with van der Waals surface area (Å²) in [4.78, 5) is 14.5. The fraction of sp³-hybridized carbons (Fsp3) is 0.533. The lowest BCUT2D eigenvalue weighted by molar-refractivity contribution is 0.0681. The van der Waals surface area contributed by atoms with Crippen molar-refractivity contribution in [2.24, 2.45) is 0 Å². The van der Waals surface area contributed by atoms with Crippen LogP contribution in [0, 0.1) is 6.92 Å². The van der Waals surface area contributed by atoms with Gasteiger partial charge >= 0.3 is 0 Å². The van der Waals surface area contributed by atoms with Crippen molar-refractivity contribution in [2.75, 3.05) is 12.4 Å². The lowest BCUT2D eigenvalue weighted by Crippen LogP contribution is -2.41. The molecule has 0 aliphatic carbocycles. The number of nitrogens with zero attached hydrogens (tertiary/aromatic N) is 1. The Morgan fingerprint density at radius 3 is 2.42 bits per heavy atom. The average molecular weight is 302 g/mol. The monoisotopic (exact) mass is 301 g/mol. The van der Waals surface area contributed by atoms with Crippen molar-refractivity contribution in [2.45, 2.75) is 39.7 Å². The van der Waals surface area contributed by atoms with Gasteiger partial charge in [-0.25, -0.2) is 0 Å². The van der Waals surface area contributed by atoms with E-state index in [1.807, 2.05) is 17.9 Å². The van der Waals surface area contributed by atoms with Crippen LogP contribution in [-0.2, 0) is 0 Å². The van der Waals surface area contributed by atoms with Crippen LogP contribution in [0.1, 0.15) is 42.6 Å². The summed E-state index contributed by atoms with van der Waals surface area (Å²) in [6, 6.07) is 5.63. The van der Waals surface area contributed by atoms with Gasteiger partial charge in [-0.15, -0.1) is 11.6 Å². The Morgan fingerprint density at radius 2 is 1.95 bits per heavy atom. The van der Waals surface area contributed by atoms with Gasteiger partial charge in [0.1, 0.15) is 0 Å². The molecule has 0 aliphatic heterocycles. The van der Waals surface area contributed by atoms with Gasteiger partial charge in [-0.3, -0.25) is 4.79 Å². The summed E-state index contributed by atoms with van der Waals surface area (Å²) < 4.78 is 0. The number of aryl methyl sites for hydroxylation is 1. The SMILES string of the molecule is CCC(CC)N(CCCl)C(=O)c1ccc(Cl)c(C)c1. The molecular formula is C15H21Cl2NO. The van der Waals surface area contributed by atoms with Crippen LogP contribution >= 0.6 is 23.2 Å². The molecule has 0 N–H and O–H groups in total. The van der Waals surface area contributed by atoms with Gasteiger partial charge in [-0.2, -0.15) is 0 Å². The van der Waals surface area contributed by atoms with E-state index in [9.17, 15) is 4.79 Å². The molecule has 1 aromatic carbocycles. The average Bonchev–Trinajstić information content (AvgIpc) is 2.41. The highest BCUT2D eigenvalue weighted by Gasteiger charge is 2.22. The normalized spacial score (nSPS) is 10.8. The molecular weight excluding hydrogens is 281 g/mol. The van der Waals surface area contributed by atoms with Crippen molar-refractivity contribution in [3.8, 4) is 0 Å². The number of carbonyl (C=O) groups excluding carboxylic acids is 1. The molecule has 2 nitrogen and oxygen atoms in total. The molecule has 0 radical (unpaired) electrons. The first-order chi connectivity index (χ1) is 9.04. The Bertz CT molecular complexity index is 430. The highest BCUT2D eigenvalue weighted by Crippen LogP contribution is 2.19. The Balaban J connectivity index is 3.01. The summed E-state index contributed by atoms with van der Waals surface area (Å²) >= 11 is 11.8. The van der Waals surface area contributed by atoms with E-state index in [4.69, 9.17) is 23.2 Å². The van der Waals surface area contributed by atoms with E-state index in [1.54, 1.807) is 12.1 Å². The van der Waals surface area contributed by atoms with Crippen LogP contribution in [0.3, 0.4) is 0 Å². The molecule has 0 aromatic heterocycles. The van der Waals surface area contributed by atoms with Crippen molar-refractivity contribution in [3.05, 3.63) is 34.3 Å². The second-order valence-electron chi connectivity index (χ2n) is 4.62. The summed E-state index contributed by atoms with van der Waals surface area (Å²) in [6.07, 6.45) is 1.87. The third kappa shape index (κ3) is 4.12. The quantitative estimate of drug-likeness (QED) is 0.708. The van der Waals surface area contributed by atoms with E-state index in [-0.39, 0.29) is 11.9 Å². The summed E-state index contributed by atoms with van der Waals surface area (Å²) in [5.74, 6) is 0.489. The molecule has 1 rings (SSSR count). The molecule has 1 amide bonds. The first-order valence-electron chi connectivity index (χ1n) is 6.68. The number of halogens is 2. The number of amides is 1. The molecule has 0 bridgehead atoms. The van der Waals surface area contributed by atoms with Crippen LogP contribution in [0.2, 0.25) is 5.02 Å². The van der Waals surface area contributed by atoms with Crippen molar-refractivity contribution >= 4 is 29.1 Å². The van der Waals surface area contributed by atoms with Crippen molar-refractivity contribution in [1.82, 2.24) is 4.90 Å². The second-order valence-corrected chi connectivity index (χ2v) is 5.41. The van der Waals surface area contributed by atoms with E-state index in [2.05, 4.69) is 13.8 Å². The van der Waals surface area contributed by atoms with Crippen LogP contribution < -0.4 is 0 Å². The zero-order chi connectivity index (χ0) is 14.4. The molecule has 0 saturated heterocycles. The Labute approximate surface area is 125 Å². The van der Waals surface area contributed by atoms with Gasteiger partial charge in [0.15, 0.2) is 0 Å². The van der Waals surface area contributed by atoms with Gasteiger partial charge in [0.25, 0.3) is 5.91 Å². The maximum Gasteiger partial charge on any atom is 0.254 e. The number of hydrogen-bond donors (Lipinski definition) is 0. The molecule has 0 heterocycles. The second kappa shape index (κ2) is 7.76. The minimum atomic E-state index is 0.0362. The highest BCUT2D eigenvalue weighted by atomic mass is 35.5. The van der Waals surface area contributed by atoms with Gasteiger partial charge in [0.05, 0.1) is 0 Å². The van der Waals surface area contributed by atoms with E-state index in [1.165, 1.54) is 0 Å². The van der Waals surface area contributed by atoms with E-state index in [0.29, 0.717) is 23.0 Å². The zero-order valence-corrected chi connectivity index (χ0v) is 13.3. The van der Waals surface area contributed by atoms with Crippen LogP contribution in [0.15, 0.2) is 18.2 Å². The van der Waals surface area contributed by atoms with E-state index in [0.717, 1.165) is 18.4 Å². The standard InChI is InChI=1S/C15H21Cl2NO/c1-4-13(5-2)18(9-8-16)15(19)12-6-7-14(17)11(3)10-12/h6-7,10,13H,4-5,8-9H2,1-3H3. The largest absolute Gasteiger partial charge is 0.334 e. The number of carbonyl (C=O) groups is 1. The fourth-order valence-corrected chi connectivity index (χ4v) is 2.51. The summed E-state index contributed by atoms with van der Waals surface area (Å²) in [6.45, 7) is 6.67. The number of hydrogen-bond acceptors (Lipinski definition) is 1. The minimum absolute atomic E-state index is 0.0362. The van der Waals surface area contributed by atoms with Crippen LogP contribution in [0.25, 0.3) is 0 Å². The van der Waals surface area contributed by atoms with Crippen LogP contribution in [0.4, 0.5) is 0 Å². The van der Waals surface area contributed by atoms with Crippen molar-refractivity contribution < 1.29 is 4.79 Å². The molecule has 4 heteroatoms. The number of rotatable bonds is 6. The predicted molar refractivity (Wildman–Crippen MR) is 82.3 cm³/mol. The van der Waals surface area contributed by atoms with Crippen molar-refractivity contribution in [3.63, 3.8) is 0 Å². The maximum atomic E-state index is 12.6. The van der Waals surface area contributed by atoms with Gasteiger partial charge in [0.2, 0.25) is 0 Å². The smallest absolute Gasteiger partial charge is 0.254 e. The lowest BCUT2D eigenvalue weighted by atomic mass is 10.1. The molecule has 19 heavy (non-hydrogen) atoms. The molecule has 0 saturated carbocycles. The van der Waals surface area contributed by atoms with E-state index >= 15 is 0 Å². The predicted octanol–water partition coefficient (Wildman–Crippen LogP) is 4.52. The van der Waals surface area contributed by atoms with Crippen LogP contribution in [-0.4, -0.2) is 29.3 Å². The zero-order valence-electron chi connectivity index (χ0n) is 11.7. The summed E-state index contributed by atoms with van der Waals surface area (Å²) in [5, 5.41) is 0.683. The molecule has 0 atom stereocenters. The molecule has 106 valence electrons. The van der Waals surface area contributed by atoms with Crippen LogP contribution in [0.5, 0.6) is 0 Å².